The molecular weight excluding hydrogens is 391 g/mol. The van der Waals surface area contributed by atoms with Crippen LogP contribution < -0.4 is 11.1 Å². The van der Waals surface area contributed by atoms with Crippen molar-refractivity contribution in [1.29, 1.82) is 0 Å². The maximum absolute atomic E-state index is 12.0. The van der Waals surface area contributed by atoms with Crippen LogP contribution in [0.5, 0.6) is 0 Å². The van der Waals surface area contributed by atoms with Gasteiger partial charge in [-0.15, -0.1) is 0 Å². The van der Waals surface area contributed by atoms with E-state index in [0.717, 1.165) is 0 Å². The Bertz CT molecular complexity index is 1140. The van der Waals surface area contributed by atoms with Crippen molar-refractivity contribution in [3.63, 3.8) is 0 Å². The molecular formula is C19H14Cl2N2O4. The van der Waals surface area contributed by atoms with Gasteiger partial charge in [-0.3, -0.25) is 9.59 Å². The molecule has 2 aromatic heterocycles. The number of carboxylic acid groups (broad SMARTS) is 1. The molecule has 0 spiro atoms. The second kappa shape index (κ2) is 7.82. The highest BCUT2D eigenvalue weighted by molar-refractivity contribution is 6.34. The molecule has 8 heteroatoms. The molecule has 0 aliphatic rings. The summed E-state index contributed by atoms with van der Waals surface area (Å²) in [6.07, 6.45) is 2.91. The van der Waals surface area contributed by atoms with Gasteiger partial charge in [0.05, 0.1) is 18.7 Å². The standard InChI is InChI=1S/C19H14Cl2N2O4/c20-15-8-14(11-23-9-12(19(26)27)4-5-18(23)25)16(21)7-13(15)10-22-6-2-1-3-17(22)24/h1-9H,10-11H2,(H,26,27). The molecule has 0 radical (unpaired) electrons. The Labute approximate surface area is 163 Å². The number of benzene rings is 1. The number of hydrogen-bond acceptors (Lipinski definition) is 3. The molecule has 1 aromatic carbocycles. The number of aromatic carboxylic acids is 1. The zero-order valence-corrected chi connectivity index (χ0v) is 15.4. The largest absolute Gasteiger partial charge is 0.478 e. The molecule has 0 aliphatic heterocycles. The minimum absolute atomic E-state index is 0.00288. The van der Waals surface area contributed by atoms with Gasteiger partial charge >= 0.3 is 5.97 Å². The summed E-state index contributed by atoms with van der Waals surface area (Å²) in [5, 5.41) is 9.84. The topological polar surface area (TPSA) is 81.3 Å². The number of rotatable bonds is 5. The smallest absolute Gasteiger partial charge is 0.337 e. The number of hydrogen-bond donors (Lipinski definition) is 1. The summed E-state index contributed by atoms with van der Waals surface area (Å²) in [5.74, 6) is -1.13. The van der Waals surface area contributed by atoms with Crippen LogP contribution in [0.15, 0.2) is 64.4 Å². The molecule has 0 aliphatic carbocycles. The van der Waals surface area contributed by atoms with Gasteiger partial charge in [0.1, 0.15) is 0 Å². The highest BCUT2D eigenvalue weighted by Gasteiger charge is 2.11. The van der Waals surface area contributed by atoms with Crippen molar-refractivity contribution in [2.75, 3.05) is 0 Å². The van der Waals surface area contributed by atoms with Gasteiger partial charge in [-0.25, -0.2) is 4.79 Å². The molecule has 2 heterocycles. The van der Waals surface area contributed by atoms with E-state index in [1.807, 2.05) is 0 Å². The van der Waals surface area contributed by atoms with Crippen molar-refractivity contribution >= 4 is 29.2 Å². The van der Waals surface area contributed by atoms with Crippen molar-refractivity contribution in [3.05, 3.63) is 102 Å². The second-order valence-corrected chi connectivity index (χ2v) is 6.71. The first kappa shape index (κ1) is 18.9. The molecule has 138 valence electrons. The van der Waals surface area contributed by atoms with Gasteiger partial charge in [0.25, 0.3) is 11.1 Å². The normalized spacial score (nSPS) is 10.7. The summed E-state index contributed by atoms with van der Waals surface area (Å²) in [7, 11) is 0. The third-order valence-corrected chi connectivity index (χ3v) is 4.73. The van der Waals surface area contributed by atoms with Gasteiger partial charge in [-0.1, -0.05) is 29.3 Å². The predicted molar refractivity (Wildman–Crippen MR) is 103 cm³/mol. The zero-order chi connectivity index (χ0) is 19.6. The second-order valence-electron chi connectivity index (χ2n) is 5.89. The SMILES string of the molecule is O=C(O)c1ccc(=O)n(Cc2cc(Cl)c(Cn3ccccc3=O)cc2Cl)c1. The van der Waals surface area contributed by atoms with E-state index < -0.39 is 5.97 Å². The molecule has 0 saturated heterocycles. The molecule has 0 unspecified atom stereocenters. The molecule has 0 amide bonds. The van der Waals surface area contributed by atoms with Crippen LogP contribution in [0, 0.1) is 0 Å². The minimum atomic E-state index is -1.13. The number of nitrogens with zero attached hydrogens (tertiary/aromatic N) is 2. The first-order valence-electron chi connectivity index (χ1n) is 7.91. The number of pyridine rings is 2. The number of carboxylic acids is 1. The van der Waals surface area contributed by atoms with Crippen LogP contribution in [-0.4, -0.2) is 20.2 Å². The van der Waals surface area contributed by atoms with Crippen molar-refractivity contribution in [1.82, 2.24) is 9.13 Å². The number of halogens is 2. The van der Waals surface area contributed by atoms with E-state index in [9.17, 15) is 14.4 Å². The summed E-state index contributed by atoms with van der Waals surface area (Å²) < 4.78 is 2.75. The monoisotopic (exact) mass is 404 g/mol. The summed E-state index contributed by atoms with van der Waals surface area (Å²) in [6.45, 7) is 0.330. The fourth-order valence-electron chi connectivity index (χ4n) is 2.61. The fraction of sp³-hybridized carbons (Fsp3) is 0.105. The maximum atomic E-state index is 12.0. The number of carbonyl (C=O) groups is 1. The van der Waals surface area contributed by atoms with Crippen molar-refractivity contribution < 1.29 is 9.90 Å². The summed E-state index contributed by atoms with van der Waals surface area (Å²) in [4.78, 5) is 34.9. The van der Waals surface area contributed by atoms with Crippen LogP contribution in [0.2, 0.25) is 10.0 Å². The molecule has 3 aromatic rings. The third kappa shape index (κ3) is 4.30. The average molecular weight is 405 g/mol. The molecule has 3 rings (SSSR count). The van der Waals surface area contributed by atoms with E-state index >= 15 is 0 Å². The predicted octanol–water partition coefficient (Wildman–Crippen LogP) is 3.11. The molecule has 1 N–H and O–H groups in total. The van der Waals surface area contributed by atoms with E-state index in [-0.39, 0.29) is 29.8 Å². The van der Waals surface area contributed by atoms with E-state index in [4.69, 9.17) is 28.3 Å². The lowest BCUT2D eigenvalue weighted by atomic mass is 10.1. The lowest BCUT2D eigenvalue weighted by Crippen LogP contribution is -2.21. The van der Waals surface area contributed by atoms with E-state index in [1.165, 1.54) is 33.5 Å². The van der Waals surface area contributed by atoms with Crippen LogP contribution in [0.3, 0.4) is 0 Å². The van der Waals surface area contributed by atoms with Crippen molar-refractivity contribution in [2.45, 2.75) is 13.1 Å². The van der Waals surface area contributed by atoms with Crippen LogP contribution in [0.4, 0.5) is 0 Å². The van der Waals surface area contributed by atoms with Crippen LogP contribution in [-0.2, 0) is 13.1 Å². The van der Waals surface area contributed by atoms with Gasteiger partial charge in [-0.2, -0.15) is 0 Å². The zero-order valence-electron chi connectivity index (χ0n) is 13.9. The Hall–Kier alpha value is -2.83. The van der Waals surface area contributed by atoms with Gasteiger partial charge < -0.3 is 14.2 Å². The molecule has 0 bridgehead atoms. The Kier molecular flexibility index (Phi) is 5.48. The Morgan fingerprint density at radius 3 is 2.07 bits per heavy atom. The molecule has 27 heavy (non-hydrogen) atoms. The maximum Gasteiger partial charge on any atom is 0.337 e. The summed E-state index contributed by atoms with van der Waals surface area (Å²) in [6, 6.07) is 10.5. The van der Waals surface area contributed by atoms with Gasteiger partial charge in [0.15, 0.2) is 0 Å². The third-order valence-electron chi connectivity index (χ3n) is 4.03. The van der Waals surface area contributed by atoms with Crippen LogP contribution in [0.1, 0.15) is 21.5 Å². The molecule has 0 atom stereocenters. The first-order valence-corrected chi connectivity index (χ1v) is 8.67. The van der Waals surface area contributed by atoms with Crippen molar-refractivity contribution in [2.24, 2.45) is 0 Å². The average Bonchev–Trinajstić information content (AvgIpc) is 2.62. The highest BCUT2D eigenvalue weighted by Crippen LogP contribution is 2.26. The van der Waals surface area contributed by atoms with E-state index in [0.29, 0.717) is 21.2 Å². The Morgan fingerprint density at radius 2 is 1.48 bits per heavy atom. The van der Waals surface area contributed by atoms with Crippen LogP contribution in [0.25, 0.3) is 0 Å². The molecule has 6 nitrogen and oxygen atoms in total. The molecule has 0 saturated carbocycles. The quantitative estimate of drug-likeness (QED) is 0.708. The van der Waals surface area contributed by atoms with Gasteiger partial charge in [-0.05, 0) is 35.4 Å². The lowest BCUT2D eigenvalue weighted by Gasteiger charge is -2.13. The fourth-order valence-corrected chi connectivity index (χ4v) is 3.10. The van der Waals surface area contributed by atoms with Gasteiger partial charge in [0, 0.05) is 34.6 Å². The minimum Gasteiger partial charge on any atom is -0.478 e. The summed E-state index contributed by atoms with van der Waals surface area (Å²) in [5.41, 5.74) is 0.704. The summed E-state index contributed by atoms with van der Waals surface area (Å²) >= 11 is 12.7. The van der Waals surface area contributed by atoms with E-state index in [1.54, 1.807) is 30.5 Å². The Balaban J connectivity index is 1.93. The van der Waals surface area contributed by atoms with Gasteiger partial charge in [0.2, 0.25) is 0 Å². The highest BCUT2D eigenvalue weighted by atomic mass is 35.5. The first-order chi connectivity index (χ1) is 12.8. The molecule has 0 fully saturated rings. The Morgan fingerprint density at radius 1 is 0.889 bits per heavy atom. The van der Waals surface area contributed by atoms with E-state index in [2.05, 4.69) is 0 Å². The lowest BCUT2D eigenvalue weighted by molar-refractivity contribution is 0.0696. The van der Waals surface area contributed by atoms with Crippen LogP contribution >= 0.6 is 23.2 Å². The number of aromatic nitrogens is 2. The van der Waals surface area contributed by atoms with Crippen molar-refractivity contribution in [3.8, 4) is 0 Å².